The van der Waals surface area contributed by atoms with Crippen molar-refractivity contribution in [3.05, 3.63) is 17.5 Å². The predicted octanol–water partition coefficient (Wildman–Crippen LogP) is 1.55. The first-order valence-corrected chi connectivity index (χ1v) is 10.2. The van der Waals surface area contributed by atoms with Crippen molar-refractivity contribution in [2.45, 2.75) is 39.5 Å². The van der Waals surface area contributed by atoms with Gasteiger partial charge in [0.25, 0.3) is 0 Å². The van der Waals surface area contributed by atoms with Crippen molar-refractivity contribution in [2.24, 2.45) is 4.99 Å². The molecule has 27 heavy (non-hydrogen) atoms. The zero-order chi connectivity index (χ0) is 19.2. The molecule has 2 aromatic rings. The monoisotopic (exact) mass is 392 g/mol. The lowest BCUT2D eigenvalue weighted by Gasteiger charge is -2.36. The number of nitrogens with one attached hydrogen (secondary N) is 1. The Bertz CT molecular complexity index is 748. The van der Waals surface area contributed by atoms with Gasteiger partial charge in [0.15, 0.2) is 11.8 Å². The largest absolute Gasteiger partial charge is 0.356 e. The molecule has 0 aromatic carbocycles. The van der Waals surface area contributed by atoms with Gasteiger partial charge in [-0.2, -0.15) is 9.36 Å². The SMILES string of the molecule is CCc1nsc(N2CCN(C(=NC)NCCc3nc(C(C)C)no3)CC2)n1. The molecule has 0 amide bonds. The molecule has 0 atom stereocenters. The third kappa shape index (κ3) is 4.94. The Morgan fingerprint density at radius 1 is 1.26 bits per heavy atom. The molecule has 148 valence electrons. The van der Waals surface area contributed by atoms with Crippen LogP contribution in [0.4, 0.5) is 5.13 Å². The van der Waals surface area contributed by atoms with Crippen LogP contribution in [-0.4, -0.2) is 70.1 Å². The number of guanidine groups is 1. The van der Waals surface area contributed by atoms with Crippen molar-refractivity contribution in [2.75, 3.05) is 44.7 Å². The van der Waals surface area contributed by atoms with Crippen LogP contribution in [0, 0.1) is 0 Å². The molecule has 0 bridgehead atoms. The topological polar surface area (TPSA) is 95.6 Å². The molecule has 2 aromatic heterocycles. The van der Waals surface area contributed by atoms with Crippen molar-refractivity contribution >= 4 is 22.6 Å². The first kappa shape index (κ1) is 19.5. The second kappa shape index (κ2) is 9.12. The zero-order valence-electron chi connectivity index (χ0n) is 16.5. The fraction of sp³-hybridized carbons (Fsp3) is 0.706. The van der Waals surface area contributed by atoms with E-state index in [1.165, 1.54) is 11.5 Å². The second-order valence-corrected chi connectivity index (χ2v) is 7.48. The van der Waals surface area contributed by atoms with Crippen molar-refractivity contribution in [3.63, 3.8) is 0 Å². The van der Waals surface area contributed by atoms with E-state index in [1.807, 2.05) is 7.05 Å². The maximum atomic E-state index is 5.29. The number of hydrogen-bond donors (Lipinski definition) is 1. The number of hydrogen-bond acceptors (Lipinski definition) is 8. The third-order valence-corrected chi connectivity index (χ3v) is 5.27. The van der Waals surface area contributed by atoms with Gasteiger partial charge in [-0.1, -0.05) is 25.9 Å². The minimum absolute atomic E-state index is 0.279. The number of aryl methyl sites for hydroxylation is 1. The summed E-state index contributed by atoms with van der Waals surface area (Å²) in [6.45, 7) is 10.5. The average molecular weight is 393 g/mol. The summed E-state index contributed by atoms with van der Waals surface area (Å²) >= 11 is 1.49. The summed E-state index contributed by atoms with van der Waals surface area (Å²) in [5, 5.41) is 8.42. The van der Waals surface area contributed by atoms with E-state index in [1.54, 1.807) is 0 Å². The molecule has 1 saturated heterocycles. The number of aliphatic imine (C=N–C) groups is 1. The summed E-state index contributed by atoms with van der Waals surface area (Å²) in [4.78, 5) is 18.0. The van der Waals surface area contributed by atoms with Crippen LogP contribution in [0.2, 0.25) is 0 Å². The van der Waals surface area contributed by atoms with Crippen molar-refractivity contribution < 1.29 is 4.52 Å². The fourth-order valence-electron chi connectivity index (χ4n) is 2.84. The summed E-state index contributed by atoms with van der Waals surface area (Å²) < 4.78 is 9.67. The molecule has 0 spiro atoms. The van der Waals surface area contributed by atoms with Crippen LogP contribution >= 0.6 is 11.5 Å². The van der Waals surface area contributed by atoms with Gasteiger partial charge < -0.3 is 19.6 Å². The van der Waals surface area contributed by atoms with E-state index in [-0.39, 0.29) is 5.92 Å². The quantitative estimate of drug-likeness (QED) is 0.584. The van der Waals surface area contributed by atoms with Gasteiger partial charge in [0.1, 0.15) is 5.82 Å². The van der Waals surface area contributed by atoms with Crippen LogP contribution in [0.15, 0.2) is 9.52 Å². The number of piperazine rings is 1. The van der Waals surface area contributed by atoms with Gasteiger partial charge in [0.2, 0.25) is 11.0 Å². The third-order valence-electron chi connectivity index (χ3n) is 4.46. The van der Waals surface area contributed by atoms with Crippen molar-refractivity contribution in [1.29, 1.82) is 0 Å². The lowest BCUT2D eigenvalue weighted by Crippen LogP contribution is -2.52. The van der Waals surface area contributed by atoms with Crippen molar-refractivity contribution in [1.82, 2.24) is 29.7 Å². The van der Waals surface area contributed by atoms with E-state index in [0.717, 1.165) is 55.3 Å². The van der Waals surface area contributed by atoms with Crippen LogP contribution < -0.4 is 10.2 Å². The summed E-state index contributed by atoms with van der Waals surface area (Å²) in [5.74, 6) is 3.53. The number of rotatable bonds is 6. The first-order chi connectivity index (χ1) is 13.1. The zero-order valence-corrected chi connectivity index (χ0v) is 17.3. The van der Waals surface area contributed by atoms with Gasteiger partial charge in [-0.25, -0.2) is 4.98 Å². The lowest BCUT2D eigenvalue weighted by molar-refractivity contribution is 0.362. The van der Waals surface area contributed by atoms with E-state index in [9.17, 15) is 0 Å². The van der Waals surface area contributed by atoms with Gasteiger partial charge >= 0.3 is 0 Å². The molecule has 1 fully saturated rings. The molecule has 0 radical (unpaired) electrons. The smallest absolute Gasteiger partial charge is 0.228 e. The van der Waals surface area contributed by atoms with E-state index in [0.29, 0.717) is 18.9 Å². The number of aromatic nitrogens is 4. The predicted molar refractivity (Wildman–Crippen MR) is 107 cm³/mol. The summed E-state index contributed by atoms with van der Waals surface area (Å²) in [6.07, 6.45) is 1.56. The minimum atomic E-state index is 0.279. The molecular formula is C17H28N8OS. The molecule has 0 unspecified atom stereocenters. The highest BCUT2D eigenvalue weighted by Gasteiger charge is 2.22. The molecule has 1 aliphatic rings. The minimum Gasteiger partial charge on any atom is -0.356 e. The summed E-state index contributed by atoms with van der Waals surface area (Å²) in [6, 6.07) is 0. The van der Waals surface area contributed by atoms with Gasteiger partial charge in [-0.05, 0) is 0 Å². The van der Waals surface area contributed by atoms with Crippen LogP contribution in [0.25, 0.3) is 0 Å². The molecular weight excluding hydrogens is 364 g/mol. The van der Waals surface area contributed by atoms with Gasteiger partial charge in [-0.3, -0.25) is 4.99 Å². The molecule has 3 rings (SSSR count). The first-order valence-electron chi connectivity index (χ1n) is 9.46. The van der Waals surface area contributed by atoms with Crippen LogP contribution in [0.5, 0.6) is 0 Å². The maximum absolute atomic E-state index is 5.29. The molecule has 3 heterocycles. The second-order valence-electron chi connectivity index (χ2n) is 6.75. The molecule has 1 N–H and O–H groups in total. The Morgan fingerprint density at radius 2 is 2.04 bits per heavy atom. The van der Waals surface area contributed by atoms with Crippen LogP contribution in [0.1, 0.15) is 44.2 Å². The highest BCUT2D eigenvalue weighted by molar-refractivity contribution is 7.09. The number of anilines is 1. The Hall–Kier alpha value is -2.23. The Balaban J connectivity index is 1.45. The van der Waals surface area contributed by atoms with E-state index < -0.39 is 0 Å². The highest BCUT2D eigenvalue weighted by Crippen LogP contribution is 2.19. The van der Waals surface area contributed by atoms with E-state index in [4.69, 9.17) is 4.52 Å². The average Bonchev–Trinajstić information content (AvgIpc) is 3.35. The highest BCUT2D eigenvalue weighted by atomic mass is 32.1. The Kier molecular flexibility index (Phi) is 6.59. The van der Waals surface area contributed by atoms with Gasteiger partial charge in [0.05, 0.1) is 0 Å². The Labute approximate surface area is 164 Å². The van der Waals surface area contributed by atoms with Crippen molar-refractivity contribution in [3.8, 4) is 0 Å². The Morgan fingerprint density at radius 3 is 2.63 bits per heavy atom. The van der Waals surface area contributed by atoms with E-state index >= 15 is 0 Å². The molecule has 1 aliphatic heterocycles. The van der Waals surface area contributed by atoms with Crippen LogP contribution in [-0.2, 0) is 12.8 Å². The normalized spacial score (nSPS) is 15.7. The van der Waals surface area contributed by atoms with E-state index in [2.05, 4.69) is 60.4 Å². The lowest BCUT2D eigenvalue weighted by atomic mass is 10.2. The van der Waals surface area contributed by atoms with Gasteiger partial charge in [0, 0.05) is 70.1 Å². The standard InChI is InChI=1S/C17H28N8OS/c1-5-13-20-17(27-23-13)25-10-8-24(9-11-25)16(18-4)19-7-6-14-21-15(12(2)3)22-26-14/h12H,5-11H2,1-4H3,(H,18,19). The van der Waals surface area contributed by atoms with Gasteiger partial charge in [-0.15, -0.1) is 0 Å². The molecule has 0 saturated carbocycles. The molecule has 0 aliphatic carbocycles. The van der Waals surface area contributed by atoms with Crippen LogP contribution in [0.3, 0.4) is 0 Å². The molecule has 9 nitrogen and oxygen atoms in total. The maximum Gasteiger partial charge on any atom is 0.228 e. The molecule has 10 heteroatoms. The summed E-state index contributed by atoms with van der Waals surface area (Å²) in [5.41, 5.74) is 0. The summed E-state index contributed by atoms with van der Waals surface area (Å²) in [7, 11) is 1.82. The number of nitrogens with zero attached hydrogens (tertiary/aromatic N) is 7. The fourth-order valence-corrected chi connectivity index (χ4v) is 3.65.